The summed E-state index contributed by atoms with van der Waals surface area (Å²) in [6.45, 7) is 4.04. The molecule has 0 atom stereocenters. The molecule has 98 valence electrons. The Bertz CT molecular complexity index is 441. The molecule has 0 aliphatic rings. The monoisotopic (exact) mass is 248 g/mol. The van der Waals surface area contributed by atoms with E-state index in [1.54, 1.807) is 19.1 Å². The molecule has 0 fully saturated rings. The number of hydrogen-bond acceptors (Lipinski definition) is 3. The zero-order chi connectivity index (χ0) is 13.5. The fourth-order valence-electron chi connectivity index (χ4n) is 1.55. The Kier molecular flexibility index (Phi) is 5.17. The van der Waals surface area contributed by atoms with Gasteiger partial charge in [-0.15, -0.1) is 0 Å². The summed E-state index contributed by atoms with van der Waals surface area (Å²) in [5, 5.41) is 10.9. The lowest BCUT2D eigenvalue weighted by Gasteiger charge is -2.12. The minimum Gasteiger partial charge on any atom is -0.307 e. The Labute approximate surface area is 108 Å². The third-order valence-electron chi connectivity index (χ3n) is 2.46. The molecule has 18 heavy (non-hydrogen) atoms. The van der Waals surface area contributed by atoms with Crippen LogP contribution in [0.15, 0.2) is 23.3 Å². The van der Waals surface area contributed by atoms with Crippen LogP contribution in [0.5, 0.6) is 0 Å². The van der Waals surface area contributed by atoms with Gasteiger partial charge in [-0.1, -0.05) is 25.1 Å². The smallest absolute Gasteiger partial charge is 0.307 e. The third-order valence-corrected chi connectivity index (χ3v) is 2.46. The van der Waals surface area contributed by atoms with Crippen molar-refractivity contribution in [1.82, 2.24) is 10.3 Å². The molecule has 2 N–H and O–H groups in total. The lowest BCUT2D eigenvalue weighted by atomic mass is 10.1. The molecule has 5 heteroatoms. The van der Waals surface area contributed by atoms with Gasteiger partial charge < -0.3 is 10.3 Å². The summed E-state index contributed by atoms with van der Waals surface area (Å²) in [5.41, 5.74) is 3.04. The van der Waals surface area contributed by atoms with Gasteiger partial charge in [0, 0.05) is 19.8 Å². The summed E-state index contributed by atoms with van der Waals surface area (Å²) in [5.74, 6) is 0. The standard InChI is InChI=1S/C13H20N4O/c1-5-11-8-6-7-10(2)12(11)16-13(18)14-9-15-17(3)4/h6-9H,5H2,1-4H3,(H2,14,15,16,18). The number of hydrogen-bond donors (Lipinski definition) is 2. The van der Waals surface area contributed by atoms with Crippen molar-refractivity contribution >= 4 is 18.1 Å². The Morgan fingerprint density at radius 1 is 1.44 bits per heavy atom. The first-order chi connectivity index (χ1) is 8.54. The molecule has 1 aromatic rings. The first kappa shape index (κ1) is 14.0. The number of amides is 2. The summed E-state index contributed by atoms with van der Waals surface area (Å²) in [7, 11) is 3.57. The molecule has 0 heterocycles. The number of para-hydroxylation sites is 1. The van der Waals surface area contributed by atoms with Crippen molar-refractivity contribution in [2.45, 2.75) is 20.3 Å². The maximum atomic E-state index is 11.7. The van der Waals surface area contributed by atoms with Crippen LogP contribution in [0.4, 0.5) is 10.5 Å². The summed E-state index contributed by atoms with van der Waals surface area (Å²) in [6, 6.07) is 5.69. The Balaban J connectivity index is 2.70. The van der Waals surface area contributed by atoms with E-state index in [1.807, 2.05) is 25.1 Å². The second-order valence-corrected chi connectivity index (χ2v) is 4.15. The van der Waals surface area contributed by atoms with E-state index in [0.717, 1.165) is 23.2 Å². The van der Waals surface area contributed by atoms with E-state index in [2.05, 4.69) is 22.7 Å². The lowest BCUT2D eigenvalue weighted by molar-refractivity contribution is 0.256. The van der Waals surface area contributed by atoms with E-state index in [1.165, 1.54) is 6.34 Å². The second-order valence-electron chi connectivity index (χ2n) is 4.15. The van der Waals surface area contributed by atoms with Crippen LogP contribution in [0, 0.1) is 6.92 Å². The van der Waals surface area contributed by atoms with Crippen molar-refractivity contribution in [1.29, 1.82) is 0 Å². The van der Waals surface area contributed by atoms with Gasteiger partial charge in [0.1, 0.15) is 6.34 Å². The first-order valence-corrected chi connectivity index (χ1v) is 5.90. The van der Waals surface area contributed by atoms with Crippen molar-refractivity contribution in [3.63, 3.8) is 0 Å². The molecule has 0 spiro atoms. The molecule has 0 radical (unpaired) electrons. The van der Waals surface area contributed by atoms with E-state index >= 15 is 0 Å². The highest BCUT2D eigenvalue weighted by molar-refractivity contribution is 5.97. The average molecular weight is 248 g/mol. The minimum atomic E-state index is -0.287. The van der Waals surface area contributed by atoms with Gasteiger partial charge in [-0.05, 0) is 24.5 Å². The molecule has 1 rings (SSSR count). The fraction of sp³-hybridized carbons (Fsp3) is 0.385. The van der Waals surface area contributed by atoms with Gasteiger partial charge in [0.2, 0.25) is 0 Å². The van der Waals surface area contributed by atoms with Gasteiger partial charge in [0.15, 0.2) is 0 Å². The molecule has 1 aromatic carbocycles. The number of carbonyl (C=O) groups is 1. The van der Waals surface area contributed by atoms with Crippen LogP contribution in [0.1, 0.15) is 18.1 Å². The molecule has 0 bridgehead atoms. The molecule has 0 saturated carbocycles. The number of nitrogens with one attached hydrogen (secondary N) is 2. The zero-order valence-electron chi connectivity index (χ0n) is 11.3. The maximum Gasteiger partial charge on any atom is 0.324 e. The molecule has 0 aliphatic carbocycles. The number of anilines is 1. The van der Waals surface area contributed by atoms with Gasteiger partial charge in [-0.2, -0.15) is 5.10 Å². The van der Waals surface area contributed by atoms with Crippen LogP contribution < -0.4 is 10.6 Å². The highest BCUT2D eigenvalue weighted by Crippen LogP contribution is 2.20. The quantitative estimate of drug-likeness (QED) is 0.487. The van der Waals surface area contributed by atoms with Crippen molar-refractivity contribution in [3.8, 4) is 0 Å². The van der Waals surface area contributed by atoms with E-state index in [9.17, 15) is 4.79 Å². The van der Waals surface area contributed by atoms with Crippen molar-refractivity contribution in [2.24, 2.45) is 5.10 Å². The summed E-state index contributed by atoms with van der Waals surface area (Å²) in [4.78, 5) is 11.7. The molecule has 0 aromatic heterocycles. The van der Waals surface area contributed by atoms with Gasteiger partial charge in [0.25, 0.3) is 0 Å². The van der Waals surface area contributed by atoms with Crippen molar-refractivity contribution in [2.75, 3.05) is 19.4 Å². The number of aryl methyl sites for hydroxylation is 2. The highest BCUT2D eigenvalue weighted by Gasteiger charge is 2.07. The number of nitrogens with zero attached hydrogens (tertiary/aromatic N) is 2. The van der Waals surface area contributed by atoms with Gasteiger partial charge >= 0.3 is 6.03 Å². The molecule has 0 saturated heterocycles. The van der Waals surface area contributed by atoms with E-state index in [0.29, 0.717) is 0 Å². The number of hydrazone groups is 1. The summed E-state index contributed by atoms with van der Waals surface area (Å²) >= 11 is 0. The lowest BCUT2D eigenvalue weighted by Crippen LogP contribution is -2.29. The van der Waals surface area contributed by atoms with Crippen LogP contribution in [-0.2, 0) is 6.42 Å². The predicted octanol–water partition coefficient (Wildman–Crippen LogP) is 2.18. The number of urea groups is 1. The summed E-state index contributed by atoms with van der Waals surface area (Å²) in [6.07, 6.45) is 2.24. The van der Waals surface area contributed by atoms with Crippen molar-refractivity contribution in [3.05, 3.63) is 29.3 Å². The molecule has 2 amide bonds. The van der Waals surface area contributed by atoms with E-state index in [4.69, 9.17) is 0 Å². The minimum absolute atomic E-state index is 0.287. The highest BCUT2D eigenvalue weighted by atomic mass is 16.2. The van der Waals surface area contributed by atoms with Crippen LogP contribution in [0.25, 0.3) is 0 Å². The predicted molar refractivity (Wildman–Crippen MR) is 74.9 cm³/mol. The van der Waals surface area contributed by atoms with E-state index in [-0.39, 0.29) is 6.03 Å². The topological polar surface area (TPSA) is 56.7 Å². The SMILES string of the molecule is CCc1cccc(C)c1NC(=O)NC=NN(C)C. The second kappa shape index (κ2) is 6.64. The molecule has 0 unspecified atom stereocenters. The Morgan fingerprint density at radius 2 is 2.17 bits per heavy atom. The van der Waals surface area contributed by atoms with Gasteiger partial charge in [-0.25, -0.2) is 4.79 Å². The fourth-order valence-corrected chi connectivity index (χ4v) is 1.55. The Morgan fingerprint density at radius 3 is 2.78 bits per heavy atom. The maximum absolute atomic E-state index is 11.7. The van der Waals surface area contributed by atoms with Crippen LogP contribution in [0.3, 0.4) is 0 Å². The van der Waals surface area contributed by atoms with E-state index < -0.39 is 0 Å². The molecule has 0 aliphatic heterocycles. The average Bonchev–Trinajstić information content (AvgIpc) is 2.31. The first-order valence-electron chi connectivity index (χ1n) is 5.90. The van der Waals surface area contributed by atoms with Crippen LogP contribution in [0.2, 0.25) is 0 Å². The van der Waals surface area contributed by atoms with Gasteiger partial charge in [-0.3, -0.25) is 5.32 Å². The normalized spacial score (nSPS) is 10.4. The Hall–Kier alpha value is -2.04. The molecular formula is C13H20N4O. The zero-order valence-corrected chi connectivity index (χ0v) is 11.3. The van der Waals surface area contributed by atoms with Gasteiger partial charge in [0.05, 0.1) is 0 Å². The number of rotatable bonds is 4. The molecular weight excluding hydrogens is 228 g/mol. The van der Waals surface area contributed by atoms with Crippen LogP contribution >= 0.6 is 0 Å². The van der Waals surface area contributed by atoms with Crippen LogP contribution in [-0.4, -0.2) is 31.5 Å². The summed E-state index contributed by atoms with van der Waals surface area (Å²) < 4.78 is 0. The molecule has 5 nitrogen and oxygen atoms in total. The largest absolute Gasteiger partial charge is 0.324 e. The third kappa shape index (κ3) is 4.08. The number of carbonyl (C=O) groups excluding carboxylic acids is 1. The number of benzene rings is 1. The van der Waals surface area contributed by atoms with Crippen molar-refractivity contribution < 1.29 is 4.79 Å².